The van der Waals surface area contributed by atoms with Gasteiger partial charge >= 0.3 is 0 Å². The molecule has 1 atom stereocenters. The van der Waals surface area contributed by atoms with Crippen LogP contribution in [0.15, 0.2) is 30.3 Å². The van der Waals surface area contributed by atoms with E-state index in [0.29, 0.717) is 0 Å². The predicted octanol–water partition coefficient (Wildman–Crippen LogP) is 2.86. The van der Waals surface area contributed by atoms with Gasteiger partial charge in [0.25, 0.3) is 0 Å². The van der Waals surface area contributed by atoms with Gasteiger partial charge in [-0.05, 0) is 33.3 Å². The first kappa shape index (κ1) is 15.5. The zero-order valence-electron chi connectivity index (χ0n) is 11.2. The summed E-state index contributed by atoms with van der Waals surface area (Å²) in [7, 11) is -3.45. The zero-order valence-corrected chi connectivity index (χ0v) is 12.8. The van der Waals surface area contributed by atoms with Gasteiger partial charge in [-0.25, -0.2) is 13.1 Å². The largest absolute Gasteiger partial charge is 0.217 e. The minimum Gasteiger partial charge on any atom is -0.212 e. The minimum absolute atomic E-state index is 0.173. The van der Waals surface area contributed by atoms with Gasteiger partial charge in [-0.2, -0.15) is 0 Å². The molecule has 1 aromatic rings. The first-order chi connectivity index (χ1) is 8.12. The summed E-state index contributed by atoms with van der Waals surface area (Å²) in [5.74, 6) is 0.173. The third kappa shape index (κ3) is 3.25. The van der Waals surface area contributed by atoms with E-state index in [0.717, 1.165) is 5.56 Å². The monoisotopic (exact) mass is 289 g/mol. The molecule has 0 heterocycles. The average molecular weight is 290 g/mol. The Morgan fingerprint density at radius 2 is 1.61 bits per heavy atom. The number of nitrogens with one attached hydrogen (secondary N) is 1. The van der Waals surface area contributed by atoms with E-state index < -0.39 is 20.3 Å². The molecule has 0 radical (unpaired) electrons. The maximum absolute atomic E-state index is 12.2. The maximum atomic E-state index is 12.2. The minimum atomic E-state index is -3.45. The van der Waals surface area contributed by atoms with E-state index in [4.69, 9.17) is 11.6 Å². The zero-order chi connectivity index (χ0) is 14.0. The van der Waals surface area contributed by atoms with Crippen LogP contribution in [0.4, 0.5) is 0 Å². The van der Waals surface area contributed by atoms with Gasteiger partial charge in [-0.3, -0.25) is 0 Å². The van der Waals surface area contributed by atoms with Crippen LogP contribution in [-0.4, -0.2) is 19.0 Å². The van der Waals surface area contributed by atoms with Gasteiger partial charge in [0.2, 0.25) is 10.0 Å². The standard InChI is InChI=1S/C13H20ClNO2S/c1-12(2,3)18(16,17)15-13(4,10-14)11-8-6-5-7-9-11/h5-9,15H,10H2,1-4H3. The summed E-state index contributed by atoms with van der Waals surface area (Å²) in [6.07, 6.45) is 0. The molecular formula is C13H20ClNO2S. The molecule has 0 bridgehead atoms. The Labute approximate surface area is 115 Å². The number of sulfonamides is 1. The van der Waals surface area contributed by atoms with Crippen molar-refractivity contribution in [2.24, 2.45) is 0 Å². The van der Waals surface area contributed by atoms with E-state index in [1.807, 2.05) is 30.3 Å². The van der Waals surface area contributed by atoms with Crippen LogP contribution in [0.25, 0.3) is 0 Å². The molecule has 0 aliphatic heterocycles. The molecule has 3 nitrogen and oxygen atoms in total. The molecule has 1 unspecified atom stereocenters. The normalized spacial score (nSPS) is 16.3. The van der Waals surface area contributed by atoms with Gasteiger partial charge in [-0.15, -0.1) is 11.6 Å². The lowest BCUT2D eigenvalue weighted by molar-refractivity contribution is 0.461. The van der Waals surface area contributed by atoms with Crippen molar-refractivity contribution < 1.29 is 8.42 Å². The van der Waals surface area contributed by atoms with Gasteiger partial charge < -0.3 is 0 Å². The van der Waals surface area contributed by atoms with Crippen LogP contribution in [0.3, 0.4) is 0 Å². The van der Waals surface area contributed by atoms with E-state index >= 15 is 0 Å². The highest BCUT2D eigenvalue weighted by Crippen LogP contribution is 2.26. The highest BCUT2D eigenvalue weighted by Gasteiger charge is 2.37. The SMILES string of the molecule is CC(CCl)(NS(=O)(=O)C(C)(C)C)c1ccccc1. The molecule has 0 amide bonds. The summed E-state index contributed by atoms with van der Waals surface area (Å²) in [4.78, 5) is 0. The van der Waals surface area contributed by atoms with Crippen LogP contribution in [0.2, 0.25) is 0 Å². The van der Waals surface area contributed by atoms with Crippen molar-refractivity contribution in [3.8, 4) is 0 Å². The second kappa shape index (κ2) is 5.19. The third-order valence-electron chi connectivity index (χ3n) is 2.84. The first-order valence-electron chi connectivity index (χ1n) is 5.77. The van der Waals surface area contributed by atoms with Crippen molar-refractivity contribution >= 4 is 21.6 Å². The summed E-state index contributed by atoms with van der Waals surface area (Å²) < 4.78 is 26.3. The highest BCUT2D eigenvalue weighted by atomic mass is 35.5. The number of hydrogen-bond donors (Lipinski definition) is 1. The molecule has 0 aromatic heterocycles. The number of hydrogen-bond acceptors (Lipinski definition) is 2. The Bertz CT molecular complexity index is 493. The van der Waals surface area contributed by atoms with Gasteiger partial charge in [0.05, 0.1) is 10.3 Å². The van der Waals surface area contributed by atoms with Crippen molar-refractivity contribution in [1.29, 1.82) is 0 Å². The van der Waals surface area contributed by atoms with Crippen molar-refractivity contribution in [2.75, 3.05) is 5.88 Å². The van der Waals surface area contributed by atoms with Crippen LogP contribution in [0.5, 0.6) is 0 Å². The van der Waals surface area contributed by atoms with Crippen LogP contribution < -0.4 is 4.72 Å². The molecule has 1 rings (SSSR count). The van der Waals surface area contributed by atoms with Crippen LogP contribution in [0, 0.1) is 0 Å². The Hall–Kier alpha value is -0.580. The van der Waals surface area contributed by atoms with E-state index in [2.05, 4.69) is 4.72 Å². The first-order valence-corrected chi connectivity index (χ1v) is 7.79. The van der Waals surface area contributed by atoms with Crippen LogP contribution >= 0.6 is 11.6 Å². The number of benzene rings is 1. The fourth-order valence-electron chi connectivity index (χ4n) is 1.42. The van der Waals surface area contributed by atoms with Gasteiger partial charge in [0, 0.05) is 5.88 Å². The molecule has 1 N–H and O–H groups in total. The van der Waals surface area contributed by atoms with E-state index in [1.54, 1.807) is 27.7 Å². The summed E-state index contributed by atoms with van der Waals surface area (Å²) in [6, 6.07) is 9.36. The lowest BCUT2D eigenvalue weighted by Gasteiger charge is -2.32. The van der Waals surface area contributed by atoms with E-state index in [-0.39, 0.29) is 5.88 Å². The van der Waals surface area contributed by atoms with Crippen molar-refractivity contribution in [3.05, 3.63) is 35.9 Å². The summed E-state index contributed by atoms with van der Waals surface area (Å²) >= 11 is 5.97. The van der Waals surface area contributed by atoms with Crippen molar-refractivity contribution in [1.82, 2.24) is 4.72 Å². The molecule has 0 saturated heterocycles. The Balaban J connectivity index is 3.13. The van der Waals surface area contributed by atoms with Gasteiger partial charge in [-0.1, -0.05) is 30.3 Å². The number of alkyl halides is 1. The second-order valence-corrected chi connectivity index (χ2v) is 8.25. The molecule has 0 aliphatic carbocycles. The second-order valence-electron chi connectivity index (χ2n) is 5.55. The van der Waals surface area contributed by atoms with E-state index in [9.17, 15) is 8.42 Å². The maximum Gasteiger partial charge on any atom is 0.217 e. The molecule has 1 aromatic carbocycles. The Kier molecular flexibility index (Phi) is 4.47. The van der Waals surface area contributed by atoms with Crippen LogP contribution in [-0.2, 0) is 15.6 Å². The van der Waals surface area contributed by atoms with Gasteiger partial charge in [0.1, 0.15) is 0 Å². The lowest BCUT2D eigenvalue weighted by atomic mass is 9.96. The van der Waals surface area contributed by atoms with Crippen molar-refractivity contribution in [3.63, 3.8) is 0 Å². The molecule has 5 heteroatoms. The quantitative estimate of drug-likeness (QED) is 0.867. The molecule has 102 valence electrons. The molecule has 0 saturated carbocycles. The molecule has 0 aliphatic rings. The summed E-state index contributed by atoms with van der Waals surface area (Å²) in [5.41, 5.74) is 0.0578. The third-order valence-corrected chi connectivity index (χ3v) is 5.71. The summed E-state index contributed by atoms with van der Waals surface area (Å²) in [6.45, 7) is 6.78. The molecule has 0 fully saturated rings. The Morgan fingerprint density at radius 1 is 1.11 bits per heavy atom. The number of halogens is 1. The highest BCUT2D eigenvalue weighted by molar-refractivity contribution is 7.90. The van der Waals surface area contributed by atoms with E-state index in [1.165, 1.54) is 0 Å². The molecular weight excluding hydrogens is 270 g/mol. The average Bonchev–Trinajstić information content (AvgIpc) is 2.28. The van der Waals surface area contributed by atoms with Gasteiger partial charge in [0.15, 0.2) is 0 Å². The molecule has 18 heavy (non-hydrogen) atoms. The number of rotatable bonds is 4. The smallest absolute Gasteiger partial charge is 0.212 e. The van der Waals surface area contributed by atoms with Crippen LogP contribution in [0.1, 0.15) is 33.3 Å². The fourth-order valence-corrected chi connectivity index (χ4v) is 2.81. The van der Waals surface area contributed by atoms with Crippen molar-refractivity contribution in [2.45, 2.75) is 38.0 Å². The molecule has 0 spiro atoms. The predicted molar refractivity (Wildman–Crippen MR) is 76.3 cm³/mol. The summed E-state index contributed by atoms with van der Waals surface area (Å²) in [5, 5.41) is 0. The topological polar surface area (TPSA) is 46.2 Å². The Morgan fingerprint density at radius 3 is 2.00 bits per heavy atom. The lowest BCUT2D eigenvalue weighted by Crippen LogP contribution is -2.50. The fraction of sp³-hybridized carbons (Fsp3) is 0.538.